The van der Waals surface area contributed by atoms with E-state index in [4.69, 9.17) is 30.5 Å². The predicted molar refractivity (Wildman–Crippen MR) is 96.5 cm³/mol. The van der Waals surface area contributed by atoms with E-state index in [0.29, 0.717) is 33.4 Å². The highest BCUT2D eigenvalue weighted by Gasteiger charge is 2.14. The largest absolute Gasteiger partial charge is 0.495 e. The van der Waals surface area contributed by atoms with Crippen molar-refractivity contribution < 1.29 is 28.5 Å². The average Bonchev–Trinajstić information content (AvgIpc) is 2.65. The van der Waals surface area contributed by atoms with Gasteiger partial charge in [0.2, 0.25) is 0 Å². The molecule has 26 heavy (non-hydrogen) atoms. The van der Waals surface area contributed by atoms with E-state index in [0.717, 1.165) is 0 Å². The minimum Gasteiger partial charge on any atom is -0.495 e. The van der Waals surface area contributed by atoms with Gasteiger partial charge in [-0.15, -0.1) is 0 Å². The lowest BCUT2D eigenvalue weighted by Gasteiger charge is -2.10. The first-order valence-electron chi connectivity index (χ1n) is 7.71. The van der Waals surface area contributed by atoms with Gasteiger partial charge in [0.05, 0.1) is 32.8 Å². The Hall–Kier alpha value is -2.73. The van der Waals surface area contributed by atoms with Crippen LogP contribution in [0.2, 0.25) is 5.02 Å². The number of methoxy groups -OCH3 is 3. The molecule has 138 valence electrons. The molecule has 0 saturated carbocycles. The summed E-state index contributed by atoms with van der Waals surface area (Å²) in [5.41, 5.74) is 1.03. The molecule has 0 heterocycles. The van der Waals surface area contributed by atoms with Gasteiger partial charge < -0.3 is 18.9 Å². The molecule has 7 heteroatoms. The van der Waals surface area contributed by atoms with Gasteiger partial charge in [-0.3, -0.25) is 9.59 Å². The van der Waals surface area contributed by atoms with Crippen LogP contribution in [0.4, 0.5) is 0 Å². The first-order valence-corrected chi connectivity index (χ1v) is 8.09. The van der Waals surface area contributed by atoms with Crippen molar-refractivity contribution in [1.82, 2.24) is 0 Å². The number of ketones is 1. The molecule has 0 fully saturated rings. The van der Waals surface area contributed by atoms with E-state index in [-0.39, 0.29) is 18.8 Å². The van der Waals surface area contributed by atoms with Crippen LogP contribution in [0, 0.1) is 0 Å². The molecule has 6 nitrogen and oxygen atoms in total. The van der Waals surface area contributed by atoms with E-state index in [1.807, 2.05) is 0 Å². The zero-order chi connectivity index (χ0) is 19.1. The number of rotatable bonds is 8. The molecule has 0 radical (unpaired) electrons. The third-order valence-electron chi connectivity index (χ3n) is 3.63. The van der Waals surface area contributed by atoms with Crippen LogP contribution in [0.5, 0.6) is 17.2 Å². The summed E-state index contributed by atoms with van der Waals surface area (Å²) in [5.74, 6) is 0.673. The summed E-state index contributed by atoms with van der Waals surface area (Å²) in [7, 11) is 4.53. The Labute approximate surface area is 156 Å². The smallest absolute Gasteiger partial charge is 0.310 e. The fourth-order valence-corrected chi connectivity index (χ4v) is 2.54. The number of hydrogen-bond donors (Lipinski definition) is 0. The van der Waals surface area contributed by atoms with Gasteiger partial charge in [0.25, 0.3) is 0 Å². The minimum absolute atomic E-state index is 0.0109. The van der Waals surface area contributed by atoms with Crippen molar-refractivity contribution in [3.05, 3.63) is 52.5 Å². The molecule has 0 aromatic heterocycles. The number of carbonyl (C=O) groups excluding carboxylic acids is 2. The Kier molecular flexibility index (Phi) is 6.86. The van der Waals surface area contributed by atoms with Gasteiger partial charge in [-0.2, -0.15) is 0 Å². The second-order valence-electron chi connectivity index (χ2n) is 5.30. The summed E-state index contributed by atoms with van der Waals surface area (Å²) in [6.45, 7) is -0.366. The fraction of sp³-hybridized carbons (Fsp3) is 0.263. The maximum absolute atomic E-state index is 12.1. The van der Waals surface area contributed by atoms with Crippen LogP contribution in [0.15, 0.2) is 36.4 Å². The van der Waals surface area contributed by atoms with Gasteiger partial charge in [-0.1, -0.05) is 17.7 Å². The zero-order valence-corrected chi connectivity index (χ0v) is 15.5. The van der Waals surface area contributed by atoms with E-state index >= 15 is 0 Å². The van der Waals surface area contributed by atoms with Crippen LogP contribution in [0.3, 0.4) is 0 Å². The van der Waals surface area contributed by atoms with E-state index in [1.54, 1.807) is 30.3 Å². The van der Waals surface area contributed by atoms with Crippen molar-refractivity contribution in [2.24, 2.45) is 0 Å². The molecular weight excluding hydrogens is 360 g/mol. The Balaban J connectivity index is 1.94. The van der Waals surface area contributed by atoms with Gasteiger partial charge in [0.1, 0.15) is 5.75 Å². The summed E-state index contributed by atoms with van der Waals surface area (Å²) < 4.78 is 20.4. The molecule has 0 amide bonds. The second-order valence-corrected chi connectivity index (χ2v) is 5.71. The second kappa shape index (κ2) is 9.10. The number of halogens is 1. The quantitative estimate of drug-likeness (QED) is 0.518. The molecule has 0 N–H and O–H groups in total. The van der Waals surface area contributed by atoms with E-state index in [2.05, 4.69) is 0 Å². The van der Waals surface area contributed by atoms with Crippen molar-refractivity contribution in [2.45, 2.75) is 6.42 Å². The summed E-state index contributed by atoms with van der Waals surface area (Å²) >= 11 is 5.99. The topological polar surface area (TPSA) is 71.1 Å². The predicted octanol–water partition coefficient (Wildman–Crippen LogP) is 3.33. The van der Waals surface area contributed by atoms with Gasteiger partial charge >= 0.3 is 5.97 Å². The number of esters is 1. The van der Waals surface area contributed by atoms with Crippen LogP contribution in [-0.4, -0.2) is 39.7 Å². The number of Topliss-reactive ketones (excluding diaryl/α,β-unsaturated/α-hetero) is 1. The van der Waals surface area contributed by atoms with E-state index in [1.165, 1.54) is 27.4 Å². The molecule has 0 aliphatic carbocycles. The van der Waals surface area contributed by atoms with Gasteiger partial charge in [-0.05, 0) is 35.9 Å². The van der Waals surface area contributed by atoms with Crippen molar-refractivity contribution >= 4 is 23.4 Å². The Morgan fingerprint density at radius 1 is 0.885 bits per heavy atom. The zero-order valence-electron chi connectivity index (χ0n) is 14.7. The van der Waals surface area contributed by atoms with Gasteiger partial charge in [0.15, 0.2) is 23.9 Å². The van der Waals surface area contributed by atoms with Crippen molar-refractivity contribution in [2.75, 3.05) is 27.9 Å². The Bertz CT molecular complexity index is 803. The molecule has 2 aromatic rings. The molecule has 0 saturated heterocycles. The van der Waals surface area contributed by atoms with Crippen molar-refractivity contribution in [3.8, 4) is 17.2 Å². The van der Waals surface area contributed by atoms with Crippen LogP contribution >= 0.6 is 11.6 Å². The number of ether oxygens (including phenoxy) is 4. The monoisotopic (exact) mass is 378 g/mol. The average molecular weight is 379 g/mol. The molecule has 0 bridgehead atoms. The molecule has 0 aliphatic rings. The highest BCUT2D eigenvalue weighted by atomic mass is 35.5. The number of carbonyl (C=O) groups is 2. The highest BCUT2D eigenvalue weighted by molar-refractivity contribution is 6.32. The van der Waals surface area contributed by atoms with E-state index < -0.39 is 5.97 Å². The molecule has 0 aliphatic heterocycles. The molecule has 0 atom stereocenters. The summed E-state index contributed by atoms with van der Waals surface area (Å²) in [6.07, 6.45) is 0.0109. The van der Waals surface area contributed by atoms with Crippen LogP contribution in [0.1, 0.15) is 15.9 Å². The molecular formula is C19H19ClO6. The summed E-state index contributed by atoms with van der Waals surface area (Å²) in [6, 6.07) is 9.74. The molecule has 2 rings (SSSR count). The van der Waals surface area contributed by atoms with Crippen molar-refractivity contribution in [1.29, 1.82) is 0 Å². The SMILES string of the molecule is COc1ccc(C(=O)COC(=O)Cc2ccc(OC)c(OC)c2)cc1Cl. The first kappa shape index (κ1) is 19.6. The fourth-order valence-electron chi connectivity index (χ4n) is 2.28. The third-order valence-corrected chi connectivity index (χ3v) is 3.93. The molecule has 0 unspecified atom stereocenters. The number of benzene rings is 2. The minimum atomic E-state index is -0.523. The number of hydrogen-bond acceptors (Lipinski definition) is 6. The van der Waals surface area contributed by atoms with Crippen molar-refractivity contribution in [3.63, 3.8) is 0 Å². The Morgan fingerprint density at radius 3 is 2.15 bits per heavy atom. The maximum Gasteiger partial charge on any atom is 0.310 e. The van der Waals surface area contributed by atoms with Crippen LogP contribution in [-0.2, 0) is 16.0 Å². The Morgan fingerprint density at radius 2 is 1.54 bits per heavy atom. The lowest BCUT2D eigenvalue weighted by molar-refractivity contribution is -0.141. The van der Waals surface area contributed by atoms with Crippen LogP contribution < -0.4 is 14.2 Å². The normalized spacial score (nSPS) is 10.2. The maximum atomic E-state index is 12.1. The molecule has 2 aromatic carbocycles. The lowest BCUT2D eigenvalue weighted by atomic mass is 10.1. The molecule has 0 spiro atoms. The third kappa shape index (κ3) is 4.89. The van der Waals surface area contributed by atoms with Gasteiger partial charge in [0, 0.05) is 5.56 Å². The lowest BCUT2D eigenvalue weighted by Crippen LogP contribution is -2.15. The first-order chi connectivity index (χ1) is 12.5. The summed E-state index contributed by atoms with van der Waals surface area (Å²) in [5, 5.41) is 0.315. The van der Waals surface area contributed by atoms with E-state index in [9.17, 15) is 9.59 Å². The highest BCUT2D eigenvalue weighted by Crippen LogP contribution is 2.28. The van der Waals surface area contributed by atoms with Gasteiger partial charge in [-0.25, -0.2) is 0 Å². The summed E-state index contributed by atoms with van der Waals surface area (Å²) in [4.78, 5) is 24.1. The van der Waals surface area contributed by atoms with Crippen LogP contribution in [0.25, 0.3) is 0 Å². The standard InChI is InChI=1S/C19H19ClO6/c1-23-16-7-5-13(10-14(16)20)15(21)11-26-19(22)9-12-4-6-17(24-2)18(8-12)25-3/h4-8,10H,9,11H2,1-3H3.